The third-order valence-electron chi connectivity index (χ3n) is 3.59. The second-order valence-corrected chi connectivity index (χ2v) is 5.22. The molecule has 0 saturated heterocycles. The van der Waals surface area contributed by atoms with Gasteiger partial charge in [-0.3, -0.25) is 4.79 Å². The Morgan fingerprint density at radius 1 is 1.25 bits per heavy atom. The summed E-state index contributed by atoms with van der Waals surface area (Å²) in [5.41, 5.74) is 4.38. The highest BCUT2D eigenvalue weighted by Crippen LogP contribution is 2.14. The molecule has 1 aromatic carbocycles. The predicted octanol–water partition coefficient (Wildman–Crippen LogP) is 2.42. The van der Waals surface area contributed by atoms with E-state index in [2.05, 4.69) is 15.6 Å². The SMILES string of the molecule is Cc1nn(C)c(F)c1C=NNC(=O)c1ccccc1-n1cccc1. The summed E-state index contributed by atoms with van der Waals surface area (Å²) in [5, 5.41) is 7.80. The van der Waals surface area contributed by atoms with Gasteiger partial charge in [-0.15, -0.1) is 0 Å². The lowest BCUT2D eigenvalue weighted by Crippen LogP contribution is -2.19. The first-order valence-electron chi connectivity index (χ1n) is 7.33. The predicted molar refractivity (Wildman–Crippen MR) is 88.7 cm³/mol. The van der Waals surface area contributed by atoms with E-state index < -0.39 is 5.95 Å². The van der Waals surface area contributed by atoms with Crippen LogP contribution in [0.4, 0.5) is 4.39 Å². The fraction of sp³-hybridized carbons (Fsp3) is 0.118. The number of nitrogens with zero attached hydrogens (tertiary/aromatic N) is 4. The summed E-state index contributed by atoms with van der Waals surface area (Å²) in [6.45, 7) is 1.67. The van der Waals surface area contributed by atoms with Crippen LogP contribution in [0.3, 0.4) is 0 Å². The molecule has 0 aliphatic heterocycles. The van der Waals surface area contributed by atoms with Gasteiger partial charge in [0.15, 0.2) is 0 Å². The van der Waals surface area contributed by atoms with Crippen LogP contribution in [0.5, 0.6) is 0 Å². The number of benzene rings is 1. The van der Waals surface area contributed by atoms with E-state index in [1.807, 2.05) is 41.2 Å². The molecule has 0 atom stereocenters. The van der Waals surface area contributed by atoms with Crippen LogP contribution in [0.15, 0.2) is 53.9 Å². The van der Waals surface area contributed by atoms with Crippen LogP contribution in [0.2, 0.25) is 0 Å². The summed E-state index contributed by atoms with van der Waals surface area (Å²) in [6.07, 6.45) is 4.96. The second-order valence-electron chi connectivity index (χ2n) is 5.22. The van der Waals surface area contributed by atoms with Gasteiger partial charge in [-0.05, 0) is 31.2 Å². The van der Waals surface area contributed by atoms with Gasteiger partial charge >= 0.3 is 0 Å². The number of carbonyl (C=O) groups is 1. The van der Waals surface area contributed by atoms with Crippen molar-refractivity contribution in [2.75, 3.05) is 0 Å². The Bertz CT molecular complexity index is 896. The maximum absolute atomic E-state index is 13.8. The zero-order valence-corrected chi connectivity index (χ0v) is 13.3. The summed E-state index contributed by atoms with van der Waals surface area (Å²) in [6, 6.07) is 10.9. The molecule has 3 aromatic rings. The number of hydrazone groups is 1. The lowest BCUT2D eigenvalue weighted by Gasteiger charge is -2.08. The Morgan fingerprint density at radius 2 is 1.96 bits per heavy atom. The highest BCUT2D eigenvalue weighted by molar-refractivity contribution is 5.98. The molecule has 0 aliphatic rings. The van der Waals surface area contributed by atoms with Crippen molar-refractivity contribution in [2.24, 2.45) is 12.1 Å². The molecule has 6 nitrogen and oxygen atoms in total. The maximum atomic E-state index is 13.8. The first kappa shape index (κ1) is 15.7. The average Bonchev–Trinajstić information content (AvgIpc) is 3.19. The quantitative estimate of drug-likeness (QED) is 0.591. The van der Waals surface area contributed by atoms with Crippen LogP contribution in [-0.4, -0.2) is 26.5 Å². The minimum Gasteiger partial charge on any atom is -0.323 e. The van der Waals surface area contributed by atoms with E-state index in [0.29, 0.717) is 11.3 Å². The summed E-state index contributed by atoms with van der Waals surface area (Å²) in [4.78, 5) is 12.4. The molecule has 2 heterocycles. The number of aromatic nitrogens is 3. The van der Waals surface area contributed by atoms with Crippen LogP contribution >= 0.6 is 0 Å². The number of amides is 1. The van der Waals surface area contributed by atoms with Crippen molar-refractivity contribution < 1.29 is 9.18 Å². The van der Waals surface area contributed by atoms with Gasteiger partial charge in [0.1, 0.15) is 0 Å². The summed E-state index contributed by atoms with van der Waals surface area (Å²) < 4.78 is 16.8. The fourth-order valence-corrected chi connectivity index (χ4v) is 2.39. The van der Waals surface area contributed by atoms with Crippen molar-refractivity contribution in [3.63, 3.8) is 0 Å². The zero-order valence-electron chi connectivity index (χ0n) is 13.3. The molecule has 0 unspecified atom stereocenters. The van der Waals surface area contributed by atoms with Gasteiger partial charge in [-0.1, -0.05) is 12.1 Å². The normalized spacial score (nSPS) is 11.1. The third-order valence-corrected chi connectivity index (χ3v) is 3.59. The van der Waals surface area contributed by atoms with Crippen LogP contribution < -0.4 is 5.43 Å². The maximum Gasteiger partial charge on any atom is 0.273 e. The van der Waals surface area contributed by atoms with E-state index in [9.17, 15) is 9.18 Å². The van der Waals surface area contributed by atoms with E-state index in [-0.39, 0.29) is 11.5 Å². The number of halogens is 1. The minimum absolute atomic E-state index is 0.247. The second kappa shape index (κ2) is 6.49. The average molecular weight is 325 g/mol. The molecule has 0 fully saturated rings. The Labute approximate surface area is 138 Å². The summed E-state index contributed by atoms with van der Waals surface area (Å²) in [7, 11) is 1.51. The van der Waals surface area contributed by atoms with E-state index >= 15 is 0 Å². The molecule has 2 aromatic heterocycles. The van der Waals surface area contributed by atoms with Gasteiger partial charge in [-0.2, -0.15) is 14.6 Å². The molecule has 0 aliphatic carbocycles. The molecule has 3 rings (SSSR count). The minimum atomic E-state index is -0.502. The Kier molecular flexibility index (Phi) is 4.24. The van der Waals surface area contributed by atoms with Crippen LogP contribution in [0, 0.1) is 12.9 Å². The van der Waals surface area contributed by atoms with Gasteiger partial charge in [0.25, 0.3) is 5.91 Å². The smallest absolute Gasteiger partial charge is 0.273 e. The molecule has 24 heavy (non-hydrogen) atoms. The number of hydrogen-bond acceptors (Lipinski definition) is 3. The van der Waals surface area contributed by atoms with E-state index in [1.54, 1.807) is 19.1 Å². The molecule has 7 heteroatoms. The Balaban J connectivity index is 1.80. The van der Waals surface area contributed by atoms with Crippen molar-refractivity contribution in [3.05, 3.63) is 71.6 Å². The molecule has 0 bridgehead atoms. The number of carbonyl (C=O) groups excluding carboxylic acids is 1. The molecule has 1 amide bonds. The fourth-order valence-electron chi connectivity index (χ4n) is 2.39. The molecular weight excluding hydrogens is 309 g/mol. The van der Waals surface area contributed by atoms with Gasteiger partial charge in [0.2, 0.25) is 5.95 Å². The highest BCUT2D eigenvalue weighted by atomic mass is 19.1. The van der Waals surface area contributed by atoms with Crippen LogP contribution in [-0.2, 0) is 7.05 Å². The van der Waals surface area contributed by atoms with Crippen LogP contribution in [0.25, 0.3) is 5.69 Å². The molecular formula is C17H16FN5O. The van der Waals surface area contributed by atoms with Crippen molar-refractivity contribution in [1.29, 1.82) is 0 Å². The summed E-state index contributed by atoms with van der Waals surface area (Å²) >= 11 is 0. The standard InChI is InChI=1S/C17H16FN5O/c1-12-14(16(18)22(2)21-12)11-19-20-17(24)13-7-3-4-8-15(13)23-9-5-6-10-23/h3-11H,1-2H3,(H,20,24). The Morgan fingerprint density at radius 3 is 2.62 bits per heavy atom. The molecule has 122 valence electrons. The van der Waals surface area contributed by atoms with Gasteiger partial charge in [-0.25, -0.2) is 10.1 Å². The van der Waals surface area contributed by atoms with Gasteiger partial charge in [0.05, 0.1) is 28.7 Å². The Hall–Kier alpha value is -3.22. The largest absolute Gasteiger partial charge is 0.323 e. The molecule has 1 N–H and O–H groups in total. The van der Waals surface area contributed by atoms with Crippen LogP contribution in [0.1, 0.15) is 21.6 Å². The van der Waals surface area contributed by atoms with Crippen molar-refractivity contribution >= 4 is 12.1 Å². The molecule has 0 radical (unpaired) electrons. The summed E-state index contributed by atoms with van der Waals surface area (Å²) in [5.74, 6) is -0.879. The number of rotatable bonds is 4. The van der Waals surface area contributed by atoms with Gasteiger partial charge < -0.3 is 4.57 Å². The number of aryl methyl sites for hydroxylation is 2. The molecule has 0 spiro atoms. The highest BCUT2D eigenvalue weighted by Gasteiger charge is 2.13. The van der Waals surface area contributed by atoms with E-state index in [4.69, 9.17) is 0 Å². The first-order valence-corrected chi connectivity index (χ1v) is 7.33. The van der Waals surface area contributed by atoms with Crippen molar-refractivity contribution in [2.45, 2.75) is 6.92 Å². The lowest BCUT2D eigenvalue weighted by molar-refractivity contribution is 0.0955. The topological polar surface area (TPSA) is 64.2 Å². The third kappa shape index (κ3) is 2.96. The van der Waals surface area contributed by atoms with Crippen molar-refractivity contribution in [1.82, 2.24) is 19.8 Å². The van der Waals surface area contributed by atoms with Crippen molar-refractivity contribution in [3.8, 4) is 5.69 Å². The first-order chi connectivity index (χ1) is 11.6. The number of hydrogen-bond donors (Lipinski definition) is 1. The number of nitrogens with one attached hydrogen (secondary N) is 1. The zero-order chi connectivity index (χ0) is 17.1. The number of para-hydroxylation sites is 1. The monoisotopic (exact) mass is 325 g/mol. The van der Waals surface area contributed by atoms with E-state index in [1.165, 1.54) is 13.3 Å². The molecule has 0 saturated carbocycles. The van der Waals surface area contributed by atoms with E-state index in [0.717, 1.165) is 10.4 Å². The van der Waals surface area contributed by atoms with Gasteiger partial charge in [0, 0.05) is 19.4 Å². The lowest BCUT2D eigenvalue weighted by atomic mass is 10.1.